The van der Waals surface area contributed by atoms with Crippen molar-refractivity contribution >= 4 is 11.8 Å². The molecule has 1 atom stereocenters. The van der Waals surface area contributed by atoms with E-state index in [9.17, 15) is 9.59 Å². The lowest BCUT2D eigenvalue weighted by molar-refractivity contribution is -0.132. The second-order valence-corrected chi connectivity index (χ2v) is 8.23. The Morgan fingerprint density at radius 1 is 1.10 bits per heavy atom. The van der Waals surface area contributed by atoms with Crippen LogP contribution in [0.25, 0.3) is 0 Å². The van der Waals surface area contributed by atoms with Crippen LogP contribution < -0.4 is 10.1 Å². The summed E-state index contributed by atoms with van der Waals surface area (Å²) < 4.78 is 5.18. The third-order valence-corrected chi connectivity index (χ3v) is 6.47. The maximum absolute atomic E-state index is 12.8. The molecule has 1 unspecified atom stereocenters. The van der Waals surface area contributed by atoms with Crippen LogP contribution in [0.3, 0.4) is 0 Å². The third-order valence-electron chi connectivity index (χ3n) is 6.47. The van der Waals surface area contributed by atoms with E-state index in [2.05, 4.69) is 23.5 Å². The Labute approximate surface area is 172 Å². The number of nitrogens with zero attached hydrogens (tertiary/aromatic N) is 1. The number of hydrogen-bond donors (Lipinski definition) is 1. The second-order valence-electron chi connectivity index (χ2n) is 8.23. The zero-order valence-corrected chi connectivity index (χ0v) is 17.1. The van der Waals surface area contributed by atoms with Crippen molar-refractivity contribution < 1.29 is 14.3 Å². The van der Waals surface area contributed by atoms with Gasteiger partial charge in [-0.05, 0) is 48.1 Å². The molecule has 5 nitrogen and oxygen atoms in total. The third kappa shape index (κ3) is 3.86. The molecule has 4 rings (SSSR count). The molecule has 2 amide bonds. The quantitative estimate of drug-likeness (QED) is 0.868. The van der Waals surface area contributed by atoms with Gasteiger partial charge in [0.15, 0.2) is 0 Å². The van der Waals surface area contributed by atoms with Crippen molar-refractivity contribution in [2.75, 3.05) is 20.2 Å². The SMILES string of the molecule is COc1ccc(CC(=O)N2CCC3(CC2)CC(NC(C)=O)c2ccccc23)cc1. The minimum absolute atomic E-state index is 0.00829. The Morgan fingerprint density at radius 3 is 2.45 bits per heavy atom. The molecule has 5 heteroatoms. The molecule has 152 valence electrons. The van der Waals surface area contributed by atoms with Gasteiger partial charge in [0.25, 0.3) is 0 Å². The van der Waals surface area contributed by atoms with E-state index in [0.717, 1.165) is 43.7 Å². The molecule has 29 heavy (non-hydrogen) atoms. The van der Waals surface area contributed by atoms with E-state index >= 15 is 0 Å². The van der Waals surface area contributed by atoms with Crippen LogP contribution >= 0.6 is 0 Å². The summed E-state index contributed by atoms with van der Waals surface area (Å²) in [5.41, 5.74) is 3.65. The van der Waals surface area contributed by atoms with Crippen LogP contribution in [0.1, 0.15) is 48.9 Å². The largest absolute Gasteiger partial charge is 0.497 e. The predicted molar refractivity (Wildman–Crippen MR) is 112 cm³/mol. The lowest BCUT2D eigenvalue weighted by Gasteiger charge is -2.40. The first-order valence-corrected chi connectivity index (χ1v) is 10.3. The van der Waals surface area contributed by atoms with Crippen LogP contribution in [0.5, 0.6) is 5.75 Å². The molecule has 0 radical (unpaired) electrons. The lowest BCUT2D eigenvalue weighted by Crippen LogP contribution is -2.45. The van der Waals surface area contributed by atoms with Crippen molar-refractivity contribution in [2.45, 2.75) is 44.1 Å². The van der Waals surface area contributed by atoms with Crippen molar-refractivity contribution in [1.82, 2.24) is 10.2 Å². The molecule has 1 aliphatic heterocycles. The van der Waals surface area contributed by atoms with Crippen LogP contribution in [0, 0.1) is 0 Å². The van der Waals surface area contributed by atoms with E-state index in [0.29, 0.717) is 6.42 Å². The number of rotatable bonds is 4. The number of likely N-dealkylation sites (tertiary alicyclic amines) is 1. The van der Waals surface area contributed by atoms with Gasteiger partial charge in [-0.2, -0.15) is 0 Å². The van der Waals surface area contributed by atoms with Gasteiger partial charge in [0.1, 0.15) is 5.75 Å². The number of nitrogens with one attached hydrogen (secondary N) is 1. The highest BCUT2D eigenvalue weighted by atomic mass is 16.5. The van der Waals surface area contributed by atoms with Crippen molar-refractivity contribution in [1.29, 1.82) is 0 Å². The number of carbonyl (C=O) groups excluding carboxylic acids is 2. The average Bonchev–Trinajstić information content (AvgIpc) is 3.02. The first kappa shape index (κ1) is 19.5. The fourth-order valence-corrected chi connectivity index (χ4v) is 4.96. The minimum atomic E-state index is 0.00829. The smallest absolute Gasteiger partial charge is 0.226 e. The number of carbonyl (C=O) groups is 2. The number of fused-ring (bicyclic) bond motifs is 2. The van der Waals surface area contributed by atoms with Crippen LogP contribution in [0.4, 0.5) is 0 Å². The van der Waals surface area contributed by atoms with Crippen LogP contribution in [0.2, 0.25) is 0 Å². The summed E-state index contributed by atoms with van der Waals surface area (Å²) in [4.78, 5) is 26.5. The van der Waals surface area contributed by atoms with E-state index in [1.54, 1.807) is 14.0 Å². The Morgan fingerprint density at radius 2 is 1.79 bits per heavy atom. The summed E-state index contributed by atoms with van der Waals surface area (Å²) in [5.74, 6) is 0.985. The molecule has 1 aliphatic carbocycles. The van der Waals surface area contributed by atoms with Gasteiger partial charge in [-0.25, -0.2) is 0 Å². The number of ether oxygens (including phenoxy) is 1. The van der Waals surface area contributed by atoms with Crippen molar-refractivity contribution in [3.63, 3.8) is 0 Å². The van der Waals surface area contributed by atoms with E-state index in [4.69, 9.17) is 4.74 Å². The molecule has 2 aliphatic rings. The first-order valence-electron chi connectivity index (χ1n) is 10.3. The Bertz CT molecular complexity index is 899. The fourth-order valence-electron chi connectivity index (χ4n) is 4.96. The van der Waals surface area contributed by atoms with Gasteiger partial charge in [0.05, 0.1) is 19.6 Å². The summed E-state index contributed by atoms with van der Waals surface area (Å²) in [6.07, 6.45) is 3.22. The summed E-state index contributed by atoms with van der Waals surface area (Å²) in [6, 6.07) is 16.2. The minimum Gasteiger partial charge on any atom is -0.497 e. The Balaban J connectivity index is 1.43. The number of piperidine rings is 1. The van der Waals surface area contributed by atoms with Crippen molar-refractivity contribution in [2.24, 2.45) is 0 Å². The number of hydrogen-bond acceptors (Lipinski definition) is 3. The number of methoxy groups -OCH3 is 1. The highest BCUT2D eigenvalue weighted by Crippen LogP contribution is 2.50. The highest BCUT2D eigenvalue weighted by Gasteiger charge is 2.46. The van der Waals surface area contributed by atoms with Crippen LogP contribution in [-0.4, -0.2) is 36.9 Å². The Hall–Kier alpha value is -2.82. The topological polar surface area (TPSA) is 58.6 Å². The van der Waals surface area contributed by atoms with Gasteiger partial charge in [0, 0.05) is 25.4 Å². The molecular weight excluding hydrogens is 364 g/mol. The molecule has 1 N–H and O–H groups in total. The number of amides is 2. The molecule has 0 saturated carbocycles. The van der Waals surface area contributed by atoms with Gasteiger partial charge in [0.2, 0.25) is 11.8 Å². The summed E-state index contributed by atoms with van der Waals surface area (Å²) >= 11 is 0. The number of benzene rings is 2. The molecular formula is C24H28N2O3. The monoisotopic (exact) mass is 392 g/mol. The summed E-state index contributed by atoms with van der Waals surface area (Å²) in [5, 5.41) is 3.12. The van der Waals surface area contributed by atoms with Crippen LogP contribution in [-0.2, 0) is 21.4 Å². The van der Waals surface area contributed by atoms with Gasteiger partial charge in [-0.1, -0.05) is 36.4 Å². The normalized spacial score (nSPS) is 19.7. The van der Waals surface area contributed by atoms with Gasteiger partial charge < -0.3 is 15.0 Å². The van der Waals surface area contributed by atoms with Crippen LogP contribution in [0.15, 0.2) is 48.5 Å². The highest BCUT2D eigenvalue weighted by molar-refractivity contribution is 5.79. The van der Waals surface area contributed by atoms with Crippen molar-refractivity contribution in [3.05, 3.63) is 65.2 Å². The zero-order chi connectivity index (χ0) is 20.4. The fraction of sp³-hybridized carbons (Fsp3) is 0.417. The molecule has 1 spiro atoms. The molecule has 1 saturated heterocycles. The zero-order valence-electron chi connectivity index (χ0n) is 17.1. The summed E-state index contributed by atoms with van der Waals surface area (Å²) in [6.45, 7) is 3.10. The molecule has 2 aromatic rings. The molecule has 2 aromatic carbocycles. The van der Waals surface area contributed by atoms with E-state index in [-0.39, 0.29) is 23.3 Å². The van der Waals surface area contributed by atoms with Gasteiger partial charge in [-0.3, -0.25) is 9.59 Å². The maximum Gasteiger partial charge on any atom is 0.226 e. The predicted octanol–water partition coefficient (Wildman–Crippen LogP) is 3.38. The standard InChI is InChI=1S/C24H28N2O3/c1-17(27)25-22-16-24(21-6-4-3-5-20(21)22)11-13-26(14-12-24)23(28)15-18-7-9-19(29-2)10-8-18/h3-10,22H,11-16H2,1-2H3,(H,25,27). The second kappa shape index (κ2) is 7.90. The first-order chi connectivity index (χ1) is 14.0. The summed E-state index contributed by atoms with van der Waals surface area (Å²) in [7, 11) is 1.64. The van der Waals surface area contributed by atoms with E-state index in [1.165, 1.54) is 11.1 Å². The molecule has 1 fully saturated rings. The Kier molecular flexibility index (Phi) is 5.31. The van der Waals surface area contributed by atoms with Gasteiger partial charge >= 0.3 is 0 Å². The van der Waals surface area contributed by atoms with Crippen molar-refractivity contribution in [3.8, 4) is 5.75 Å². The molecule has 0 bridgehead atoms. The molecule has 0 aromatic heterocycles. The van der Waals surface area contributed by atoms with E-state index in [1.807, 2.05) is 35.2 Å². The average molecular weight is 392 g/mol. The maximum atomic E-state index is 12.8. The van der Waals surface area contributed by atoms with Gasteiger partial charge in [-0.15, -0.1) is 0 Å². The lowest BCUT2D eigenvalue weighted by atomic mass is 9.73. The molecule has 1 heterocycles. The van der Waals surface area contributed by atoms with E-state index < -0.39 is 0 Å².